The number of quaternary nitrogens is 1. The molecule has 4 rings (SSSR count). The van der Waals surface area contributed by atoms with E-state index in [0.717, 1.165) is 60.1 Å². The maximum atomic E-state index is 12.9. The summed E-state index contributed by atoms with van der Waals surface area (Å²) in [5, 5.41) is 6.29. The Morgan fingerprint density at radius 3 is 2.79 bits per heavy atom. The van der Waals surface area contributed by atoms with Crippen molar-refractivity contribution >= 4 is 27.5 Å². The van der Waals surface area contributed by atoms with Gasteiger partial charge in [0.05, 0.1) is 33.4 Å². The van der Waals surface area contributed by atoms with Crippen LogP contribution in [0.4, 0.5) is 0 Å². The molecule has 28 heavy (non-hydrogen) atoms. The van der Waals surface area contributed by atoms with E-state index in [1.807, 2.05) is 30.3 Å². The Balaban J connectivity index is 1.47. The molecule has 3 heterocycles. The Morgan fingerprint density at radius 2 is 2.04 bits per heavy atom. The predicted octanol–water partition coefficient (Wildman–Crippen LogP) is 1.40. The Bertz CT molecular complexity index is 926. The molecule has 1 fully saturated rings. The SMILES string of the molecule is COc1ccc(Cn2c(C(=O)NCC[NH+]3CCOCC3)cc3ccsc32)cc1. The van der Waals surface area contributed by atoms with E-state index in [9.17, 15) is 4.79 Å². The average molecular weight is 401 g/mol. The third-order valence-electron chi connectivity index (χ3n) is 5.20. The number of fused-ring (bicyclic) bond motifs is 1. The molecule has 0 bridgehead atoms. The Kier molecular flexibility index (Phi) is 5.95. The molecule has 0 saturated carbocycles. The quantitative estimate of drug-likeness (QED) is 0.631. The van der Waals surface area contributed by atoms with Crippen LogP contribution in [-0.2, 0) is 11.3 Å². The molecule has 6 nitrogen and oxygen atoms in total. The zero-order valence-electron chi connectivity index (χ0n) is 16.1. The summed E-state index contributed by atoms with van der Waals surface area (Å²) in [5.41, 5.74) is 1.85. The second-order valence-electron chi connectivity index (χ2n) is 7.01. The van der Waals surface area contributed by atoms with Crippen molar-refractivity contribution in [1.29, 1.82) is 0 Å². The number of hydrogen-bond donors (Lipinski definition) is 2. The Morgan fingerprint density at radius 1 is 1.25 bits per heavy atom. The van der Waals surface area contributed by atoms with E-state index >= 15 is 0 Å². The number of carbonyl (C=O) groups excluding carboxylic acids is 1. The van der Waals surface area contributed by atoms with Crippen LogP contribution >= 0.6 is 11.3 Å². The number of ether oxygens (including phenoxy) is 2. The fourth-order valence-electron chi connectivity index (χ4n) is 3.59. The van der Waals surface area contributed by atoms with Crippen LogP contribution in [0.5, 0.6) is 5.75 Å². The summed E-state index contributed by atoms with van der Waals surface area (Å²) >= 11 is 1.67. The van der Waals surface area contributed by atoms with E-state index in [0.29, 0.717) is 13.1 Å². The van der Waals surface area contributed by atoms with Crippen molar-refractivity contribution < 1.29 is 19.2 Å². The molecule has 3 aromatic rings. The number of amides is 1. The number of aromatic nitrogens is 1. The monoisotopic (exact) mass is 400 g/mol. The topological polar surface area (TPSA) is 56.9 Å². The van der Waals surface area contributed by atoms with Gasteiger partial charge in [-0.05, 0) is 35.2 Å². The Labute approximate surface area is 168 Å². The lowest BCUT2D eigenvalue weighted by Gasteiger charge is -2.23. The van der Waals surface area contributed by atoms with Gasteiger partial charge < -0.3 is 24.3 Å². The van der Waals surface area contributed by atoms with E-state index < -0.39 is 0 Å². The van der Waals surface area contributed by atoms with Crippen molar-refractivity contribution in [3.05, 3.63) is 53.0 Å². The first kappa shape index (κ1) is 19.0. The van der Waals surface area contributed by atoms with Crippen LogP contribution in [0.1, 0.15) is 16.1 Å². The van der Waals surface area contributed by atoms with E-state index in [1.54, 1.807) is 18.4 Å². The second-order valence-corrected chi connectivity index (χ2v) is 7.91. The summed E-state index contributed by atoms with van der Waals surface area (Å²) in [4.78, 5) is 15.5. The number of benzene rings is 1. The first-order valence-corrected chi connectivity index (χ1v) is 10.5. The zero-order valence-corrected chi connectivity index (χ0v) is 16.9. The third-order valence-corrected chi connectivity index (χ3v) is 6.15. The van der Waals surface area contributed by atoms with Gasteiger partial charge in [0.2, 0.25) is 0 Å². The van der Waals surface area contributed by atoms with Crippen LogP contribution in [0.3, 0.4) is 0 Å². The van der Waals surface area contributed by atoms with Gasteiger partial charge in [-0.25, -0.2) is 0 Å². The largest absolute Gasteiger partial charge is 0.497 e. The second kappa shape index (κ2) is 8.77. The third kappa shape index (κ3) is 4.22. The molecule has 7 heteroatoms. The van der Waals surface area contributed by atoms with Crippen molar-refractivity contribution in [1.82, 2.24) is 9.88 Å². The number of methoxy groups -OCH3 is 1. The smallest absolute Gasteiger partial charge is 0.268 e. The number of hydrogen-bond acceptors (Lipinski definition) is 4. The van der Waals surface area contributed by atoms with Gasteiger partial charge in [0.15, 0.2) is 0 Å². The van der Waals surface area contributed by atoms with Crippen molar-refractivity contribution in [2.45, 2.75) is 6.54 Å². The van der Waals surface area contributed by atoms with Gasteiger partial charge in [-0.1, -0.05) is 12.1 Å². The molecule has 0 spiro atoms. The van der Waals surface area contributed by atoms with Gasteiger partial charge in [0.25, 0.3) is 5.91 Å². The van der Waals surface area contributed by atoms with Crippen LogP contribution in [0.15, 0.2) is 41.8 Å². The standard InChI is InChI=1S/C21H25N3O3S/c1-26-18-4-2-16(3-5-18)15-24-19(14-17-6-13-28-21(17)24)20(25)22-7-8-23-9-11-27-12-10-23/h2-6,13-14H,7-12,15H2,1H3,(H,22,25)/p+1. The molecule has 1 saturated heterocycles. The van der Waals surface area contributed by atoms with Crippen molar-refractivity contribution in [3.63, 3.8) is 0 Å². The lowest BCUT2D eigenvalue weighted by atomic mass is 10.2. The minimum Gasteiger partial charge on any atom is -0.497 e. The average Bonchev–Trinajstić information content (AvgIpc) is 3.32. The van der Waals surface area contributed by atoms with Crippen LogP contribution in [0, 0.1) is 0 Å². The molecule has 1 aliphatic rings. The molecular formula is C21H26N3O3S+. The highest BCUT2D eigenvalue weighted by atomic mass is 32.1. The molecule has 2 N–H and O–H groups in total. The van der Waals surface area contributed by atoms with Gasteiger partial charge in [-0.3, -0.25) is 4.79 Å². The van der Waals surface area contributed by atoms with Crippen LogP contribution in [0.2, 0.25) is 0 Å². The summed E-state index contributed by atoms with van der Waals surface area (Å²) in [6.45, 7) is 5.91. The predicted molar refractivity (Wildman–Crippen MR) is 111 cm³/mol. The van der Waals surface area contributed by atoms with Gasteiger partial charge in [0, 0.05) is 11.9 Å². The number of nitrogens with one attached hydrogen (secondary N) is 2. The lowest BCUT2D eigenvalue weighted by molar-refractivity contribution is -0.906. The van der Waals surface area contributed by atoms with Crippen LogP contribution < -0.4 is 15.0 Å². The molecule has 0 radical (unpaired) electrons. The fourth-order valence-corrected chi connectivity index (χ4v) is 4.48. The van der Waals surface area contributed by atoms with Crippen molar-refractivity contribution in [2.75, 3.05) is 46.5 Å². The van der Waals surface area contributed by atoms with E-state index in [2.05, 4.69) is 21.3 Å². The molecule has 1 aliphatic heterocycles. The summed E-state index contributed by atoms with van der Waals surface area (Å²) in [6, 6.07) is 12.1. The normalized spacial score (nSPS) is 15.0. The molecular weight excluding hydrogens is 374 g/mol. The van der Waals surface area contributed by atoms with Crippen molar-refractivity contribution in [3.8, 4) is 5.75 Å². The highest BCUT2D eigenvalue weighted by Crippen LogP contribution is 2.26. The minimum absolute atomic E-state index is 0.00966. The van der Waals surface area contributed by atoms with E-state index in [4.69, 9.17) is 9.47 Å². The van der Waals surface area contributed by atoms with E-state index in [-0.39, 0.29) is 5.91 Å². The number of rotatable bonds is 7. The lowest BCUT2D eigenvalue weighted by Crippen LogP contribution is -3.14. The molecule has 1 amide bonds. The summed E-state index contributed by atoms with van der Waals surface area (Å²) in [5.74, 6) is 0.825. The maximum Gasteiger partial charge on any atom is 0.268 e. The van der Waals surface area contributed by atoms with Crippen molar-refractivity contribution in [2.24, 2.45) is 0 Å². The number of thiophene rings is 1. The zero-order chi connectivity index (χ0) is 19.3. The first-order valence-electron chi connectivity index (χ1n) is 9.64. The molecule has 2 aromatic heterocycles. The molecule has 0 atom stereocenters. The van der Waals surface area contributed by atoms with Gasteiger partial charge >= 0.3 is 0 Å². The number of nitrogens with zero attached hydrogens (tertiary/aromatic N) is 1. The summed E-state index contributed by atoms with van der Waals surface area (Å²) in [6.07, 6.45) is 0. The molecule has 1 aromatic carbocycles. The van der Waals surface area contributed by atoms with Gasteiger partial charge in [-0.2, -0.15) is 0 Å². The molecule has 0 unspecified atom stereocenters. The highest BCUT2D eigenvalue weighted by molar-refractivity contribution is 7.16. The van der Waals surface area contributed by atoms with Crippen LogP contribution in [0.25, 0.3) is 10.2 Å². The van der Waals surface area contributed by atoms with E-state index in [1.165, 1.54) is 4.90 Å². The van der Waals surface area contributed by atoms with Gasteiger partial charge in [-0.15, -0.1) is 11.3 Å². The first-order chi connectivity index (χ1) is 13.7. The fraction of sp³-hybridized carbons (Fsp3) is 0.381. The van der Waals surface area contributed by atoms with Crippen LogP contribution in [-0.4, -0.2) is 57.0 Å². The number of carbonyl (C=O) groups is 1. The molecule has 0 aliphatic carbocycles. The molecule has 148 valence electrons. The minimum atomic E-state index is -0.00966. The highest BCUT2D eigenvalue weighted by Gasteiger charge is 2.18. The van der Waals surface area contributed by atoms with Gasteiger partial charge in [0.1, 0.15) is 29.4 Å². The maximum absolute atomic E-state index is 12.9. The Hall–Kier alpha value is -2.35. The number of morpholine rings is 1. The summed E-state index contributed by atoms with van der Waals surface area (Å²) in [7, 11) is 1.66. The summed E-state index contributed by atoms with van der Waals surface area (Å²) < 4.78 is 12.7.